The number of rotatable bonds is 7. The van der Waals surface area contributed by atoms with Crippen molar-refractivity contribution in [2.75, 3.05) is 13.2 Å². The second-order valence-corrected chi connectivity index (χ2v) is 7.50. The molecule has 1 N–H and O–H groups in total. The lowest BCUT2D eigenvalue weighted by Crippen LogP contribution is -2.25. The van der Waals surface area contributed by atoms with Gasteiger partial charge in [0.2, 0.25) is 0 Å². The van der Waals surface area contributed by atoms with Crippen molar-refractivity contribution in [2.24, 2.45) is 0 Å². The number of carbonyl (C=O) groups is 1. The summed E-state index contributed by atoms with van der Waals surface area (Å²) in [6.45, 7) is 5.07. The molecule has 2 aromatic heterocycles. The molecule has 1 aromatic carbocycles. The van der Waals surface area contributed by atoms with Crippen LogP contribution in [0.1, 0.15) is 27.3 Å². The normalized spacial score (nSPS) is 10.6. The number of hydrogen-bond donors (Lipinski definition) is 1. The first-order valence-corrected chi connectivity index (χ1v) is 9.87. The minimum Gasteiger partial charge on any atom is -0.494 e. The van der Waals surface area contributed by atoms with Gasteiger partial charge in [0.15, 0.2) is 0 Å². The van der Waals surface area contributed by atoms with Crippen LogP contribution in [0.2, 0.25) is 0 Å². The number of nitrogens with one attached hydrogen (secondary N) is 1. The summed E-state index contributed by atoms with van der Waals surface area (Å²) in [6, 6.07) is 9.98. The van der Waals surface area contributed by atoms with Crippen molar-refractivity contribution in [3.63, 3.8) is 0 Å². The number of thiazole rings is 1. The number of ether oxygens (including phenoxy) is 1. The molecule has 0 atom stereocenters. The minimum atomic E-state index is -0.0629. The smallest absolute Gasteiger partial charge is 0.263 e. The second-order valence-electron chi connectivity index (χ2n) is 5.72. The first-order valence-electron chi connectivity index (χ1n) is 8.11. The van der Waals surface area contributed by atoms with E-state index in [1.54, 1.807) is 11.3 Å². The number of nitrogens with zero attached hydrogens (tertiary/aromatic N) is 1. The Morgan fingerprint density at radius 1 is 1.28 bits per heavy atom. The Hall–Kier alpha value is -2.18. The molecule has 4 nitrogen and oxygen atoms in total. The molecule has 0 unspecified atom stereocenters. The van der Waals surface area contributed by atoms with E-state index in [-0.39, 0.29) is 5.91 Å². The quantitative estimate of drug-likeness (QED) is 0.612. The Morgan fingerprint density at radius 3 is 2.92 bits per heavy atom. The van der Waals surface area contributed by atoms with Gasteiger partial charge in [-0.3, -0.25) is 4.79 Å². The van der Waals surface area contributed by atoms with Crippen LogP contribution in [0.3, 0.4) is 0 Å². The molecular formula is C19H20N2O2S2. The third-order valence-electron chi connectivity index (χ3n) is 3.64. The second kappa shape index (κ2) is 8.27. The number of amides is 1. The van der Waals surface area contributed by atoms with Gasteiger partial charge in [0.05, 0.1) is 12.3 Å². The van der Waals surface area contributed by atoms with Gasteiger partial charge in [0.25, 0.3) is 5.91 Å². The third-order valence-corrected chi connectivity index (χ3v) is 5.52. The fraction of sp³-hybridized carbons (Fsp3) is 0.263. The molecule has 0 radical (unpaired) electrons. The van der Waals surface area contributed by atoms with Gasteiger partial charge in [-0.05, 0) is 49.4 Å². The van der Waals surface area contributed by atoms with E-state index in [1.807, 2.05) is 54.9 Å². The Balaban J connectivity index is 1.46. The molecule has 130 valence electrons. The number of aromatic nitrogens is 1. The van der Waals surface area contributed by atoms with Crippen molar-refractivity contribution in [2.45, 2.75) is 20.3 Å². The van der Waals surface area contributed by atoms with Gasteiger partial charge in [0.1, 0.15) is 15.6 Å². The lowest BCUT2D eigenvalue weighted by molar-refractivity contribution is 0.0955. The van der Waals surface area contributed by atoms with E-state index in [1.165, 1.54) is 16.9 Å². The highest BCUT2D eigenvalue weighted by atomic mass is 32.1. The lowest BCUT2D eigenvalue weighted by atomic mass is 10.2. The highest BCUT2D eigenvalue weighted by molar-refractivity contribution is 7.17. The van der Waals surface area contributed by atoms with Crippen LogP contribution in [-0.2, 0) is 0 Å². The molecule has 0 aliphatic carbocycles. The van der Waals surface area contributed by atoms with Gasteiger partial charge >= 0.3 is 0 Å². The predicted molar refractivity (Wildman–Crippen MR) is 104 cm³/mol. The number of benzene rings is 1. The van der Waals surface area contributed by atoms with Crippen LogP contribution >= 0.6 is 22.7 Å². The average molecular weight is 373 g/mol. The van der Waals surface area contributed by atoms with Crippen molar-refractivity contribution in [1.82, 2.24) is 10.3 Å². The molecule has 0 saturated heterocycles. The summed E-state index contributed by atoms with van der Waals surface area (Å²) in [7, 11) is 0. The summed E-state index contributed by atoms with van der Waals surface area (Å²) in [5.41, 5.74) is 3.02. The summed E-state index contributed by atoms with van der Waals surface area (Å²) in [4.78, 5) is 17.5. The molecular weight excluding hydrogens is 352 g/mol. The van der Waals surface area contributed by atoms with Crippen LogP contribution < -0.4 is 10.1 Å². The first-order chi connectivity index (χ1) is 12.1. The maximum Gasteiger partial charge on any atom is 0.263 e. The molecule has 1 amide bonds. The van der Waals surface area contributed by atoms with E-state index in [9.17, 15) is 4.79 Å². The molecule has 3 rings (SSSR count). The van der Waals surface area contributed by atoms with Crippen molar-refractivity contribution in [1.29, 1.82) is 0 Å². The van der Waals surface area contributed by atoms with Gasteiger partial charge in [-0.2, -0.15) is 11.3 Å². The van der Waals surface area contributed by atoms with Crippen LogP contribution in [0.4, 0.5) is 0 Å². The molecule has 3 aromatic rings. The van der Waals surface area contributed by atoms with Crippen LogP contribution in [0.25, 0.3) is 10.6 Å². The number of thiophene rings is 1. The van der Waals surface area contributed by atoms with E-state index in [0.29, 0.717) is 18.0 Å². The van der Waals surface area contributed by atoms with E-state index in [0.717, 1.165) is 28.4 Å². The number of aryl methyl sites for hydroxylation is 2. The third kappa shape index (κ3) is 4.67. The van der Waals surface area contributed by atoms with E-state index in [4.69, 9.17) is 4.74 Å². The summed E-state index contributed by atoms with van der Waals surface area (Å²) in [6.07, 6.45) is 0.759. The largest absolute Gasteiger partial charge is 0.494 e. The molecule has 0 aliphatic rings. The van der Waals surface area contributed by atoms with Gasteiger partial charge < -0.3 is 10.1 Å². The zero-order valence-electron chi connectivity index (χ0n) is 14.2. The average Bonchev–Trinajstić information content (AvgIpc) is 3.24. The minimum absolute atomic E-state index is 0.0629. The van der Waals surface area contributed by atoms with Gasteiger partial charge in [-0.1, -0.05) is 12.1 Å². The Morgan fingerprint density at radius 2 is 2.16 bits per heavy atom. The summed E-state index contributed by atoms with van der Waals surface area (Å²) < 4.78 is 5.69. The van der Waals surface area contributed by atoms with Crippen molar-refractivity contribution >= 4 is 28.6 Å². The zero-order chi connectivity index (χ0) is 17.6. The van der Waals surface area contributed by atoms with Crippen LogP contribution in [0.5, 0.6) is 5.75 Å². The maximum absolute atomic E-state index is 12.3. The Kier molecular flexibility index (Phi) is 5.83. The fourth-order valence-corrected chi connectivity index (χ4v) is 4.06. The van der Waals surface area contributed by atoms with Crippen molar-refractivity contribution in [3.8, 4) is 16.3 Å². The van der Waals surface area contributed by atoms with Gasteiger partial charge in [0, 0.05) is 17.5 Å². The SMILES string of the molecule is Cc1cccc(OCCCNC(=O)c2sc(-c3ccsc3)nc2C)c1. The molecule has 0 aliphatic heterocycles. The number of carbonyl (C=O) groups excluding carboxylic acids is 1. The van der Waals surface area contributed by atoms with Crippen LogP contribution in [-0.4, -0.2) is 24.0 Å². The predicted octanol–water partition coefficient (Wildman–Crippen LogP) is 4.69. The Bertz CT molecular complexity index is 841. The summed E-state index contributed by atoms with van der Waals surface area (Å²) >= 11 is 3.07. The zero-order valence-corrected chi connectivity index (χ0v) is 15.9. The highest BCUT2D eigenvalue weighted by Gasteiger charge is 2.15. The van der Waals surface area contributed by atoms with Crippen LogP contribution in [0, 0.1) is 13.8 Å². The molecule has 0 spiro atoms. The maximum atomic E-state index is 12.3. The van der Waals surface area contributed by atoms with Crippen molar-refractivity contribution < 1.29 is 9.53 Å². The molecule has 6 heteroatoms. The number of hydrogen-bond acceptors (Lipinski definition) is 5. The summed E-state index contributed by atoms with van der Waals surface area (Å²) in [5.74, 6) is 0.803. The van der Waals surface area contributed by atoms with E-state index in [2.05, 4.69) is 10.3 Å². The fourth-order valence-electron chi connectivity index (χ4n) is 2.37. The monoisotopic (exact) mass is 372 g/mol. The molecule has 0 bridgehead atoms. The van der Waals surface area contributed by atoms with Crippen molar-refractivity contribution in [3.05, 3.63) is 57.2 Å². The molecule has 0 fully saturated rings. The molecule has 25 heavy (non-hydrogen) atoms. The molecule has 2 heterocycles. The summed E-state index contributed by atoms with van der Waals surface area (Å²) in [5, 5.41) is 7.90. The van der Waals surface area contributed by atoms with E-state index < -0.39 is 0 Å². The first kappa shape index (κ1) is 17.6. The van der Waals surface area contributed by atoms with Crippen LogP contribution in [0.15, 0.2) is 41.1 Å². The topological polar surface area (TPSA) is 51.2 Å². The van der Waals surface area contributed by atoms with Gasteiger partial charge in [-0.15, -0.1) is 11.3 Å². The lowest BCUT2D eigenvalue weighted by Gasteiger charge is -2.07. The van der Waals surface area contributed by atoms with E-state index >= 15 is 0 Å². The highest BCUT2D eigenvalue weighted by Crippen LogP contribution is 2.29. The standard InChI is InChI=1S/C19H20N2O2S2/c1-13-5-3-6-16(11-13)23-9-4-8-20-18(22)17-14(2)21-19(25-17)15-7-10-24-12-15/h3,5-7,10-12H,4,8-9H2,1-2H3,(H,20,22). The molecule has 0 saturated carbocycles. The Labute approximate surface area is 155 Å². The van der Waals surface area contributed by atoms with Gasteiger partial charge in [-0.25, -0.2) is 4.98 Å².